The van der Waals surface area contributed by atoms with Gasteiger partial charge in [-0.1, -0.05) is 39.0 Å². The zero-order valence-electron chi connectivity index (χ0n) is 11.1. The molecule has 4 heteroatoms. The fourth-order valence-corrected chi connectivity index (χ4v) is 1.43. The van der Waals surface area contributed by atoms with Crippen molar-refractivity contribution in [2.75, 3.05) is 7.11 Å². The Morgan fingerprint density at radius 1 is 1.11 bits per heavy atom. The summed E-state index contributed by atoms with van der Waals surface area (Å²) in [4.78, 5) is 23.5. The van der Waals surface area contributed by atoms with Crippen molar-refractivity contribution in [3.63, 3.8) is 0 Å². The molecule has 1 atom stereocenters. The predicted molar refractivity (Wildman–Crippen MR) is 67.1 cm³/mol. The SMILES string of the molecule is COC(=O)[C@H](OC(=O)c1ccccc1)C(C)(C)C. The highest BCUT2D eigenvalue weighted by Crippen LogP contribution is 2.24. The average Bonchev–Trinajstić information content (AvgIpc) is 2.34. The second kappa shape index (κ2) is 5.67. The zero-order chi connectivity index (χ0) is 13.8. The molecule has 4 nitrogen and oxygen atoms in total. The highest BCUT2D eigenvalue weighted by Gasteiger charge is 2.36. The lowest BCUT2D eigenvalue weighted by molar-refractivity contribution is -0.156. The van der Waals surface area contributed by atoms with Crippen LogP contribution in [0.15, 0.2) is 30.3 Å². The second-order valence-corrected chi connectivity index (χ2v) is 5.04. The van der Waals surface area contributed by atoms with Crippen LogP contribution in [-0.2, 0) is 14.3 Å². The Hall–Kier alpha value is -1.84. The molecular formula is C14H18O4. The molecule has 0 saturated carbocycles. The van der Waals surface area contributed by atoms with Gasteiger partial charge in [0.25, 0.3) is 0 Å². The van der Waals surface area contributed by atoms with Crippen molar-refractivity contribution >= 4 is 11.9 Å². The van der Waals surface area contributed by atoms with Gasteiger partial charge in [0.2, 0.25) is 6.10 Å². The van der Waals surface area contributed by atoms with E-state index in [1.807, 2.05) is 20.8 Å². The number of benzene rings is 1. The number of hydrogen-bond donors (Lipinski definition) is 0. The van der Waals surface area contributed by atoms with Crippen LogP contribution in [0.5, 0.6) is 0 Å². The molecular weight excluding hydrogens is 232 g/mol. The lowest BCUT2D eigenvalue weighted by Gasteiger charge is -2.27. The molecule has 0 aliphatic heterocycles. The van der Waals surface area contributed by atoms with Gasteiger partial charge in [0.05, 0.1) is 12.7 Å². The first-order valence-electron chi connectivity index (χ1n) is 5.70. The van der Waals surface area contributed by atoms with Crippen LogP contribution < -0.4 is 0 Å². The van der Waals surface area contributed by atoms with Gasteiger partial charge in [-0.15, -0.1) is 0 Å². The summed E-state index contributed by atoms with van der Waals surface area (Å²) < 4.78 is 9.90. The van der Waals surface area contributed by atoms with Crippen LogP contribution in [0.1, 0.15) is 31.1 Å². The van der Waals surface area contributed by atoms with Crippen LogP contribution in [0.4, 0.5) is 0 Å². The summed E-state index contributed by atoms with van der Waals surface area (Å²) in [7, 11) is 1.28. The molecule has 0 spiro atoms. The predicted octanol–water partition coefficient (Wildman–Crippen LogP) is 2.43. The first-order valence-corrected chi connectivity index (χ1v) is 5.70. The third-order valence-corrected chi connectivity index (χ3v) is 2.44. The van der Waals surface area contributed by atoms with Crippen molar-refractivity contribution in [2.45, 2.75) is 26.9 Å². The van der Waals surface area contributed by atoms with Gasteiger partial charge in [-0.3, -0.25) is 0 Å². The minimum atomic E-state index is -0.921. The average molecular weight is 250 g/mol. The minimum Gasteiger partial charge on any atom is -0.466 e. The monoisotopic (exact) mass is 250 g/mol. The van der Waals surface area contributed by atoms with Crippen LogP contribution in [-0.4, -0.2) is 25.2 Å². The Morgan fingerprint density at radius 3 is 2.11 bits per heavy atom. The van der Waals surface area contributed by atoms with Crippen LogP contribution in [0.25, 0.3) is 0 Å². The van der Waals surface area contributed by atoms with E-state index in [1.165, 1.54) is 7.11 Å². The molecule has 0 radical (unpaired) electrons. The van der Waals surface area contributed by atoms with E-state index in [0.29, 0.717) is 5.56 Å². The molecule has 0 N–H and O–H groups in total. The number of hydrogen-bond acceptors (Lipinski definition) is 4. The summed E-state index contributed by atoms with van der Waals surface area (Å²) in [6.45, 7) is 5.44. The summed E-state index contributed by atoms with van der Waals surface area (Å²) in [6, 6.07) is 8.55. The molecule has 0 bridgehead atoms. The lowest BCUT2D eigenvalue weighted by atomic mass is 9.89. The maximum Gasteiger partial charge on any atom is 0.347 e. The fourth-order valence-electron chi connectivity index (χ4n) is 1.43. The highest BCUT2D eigenvalue weighted by atomic mass is 16.6. The maximum atomic E-state index is 11.9. The van der Waals surface area contributed by atoms with Gasteiger partial charge in [0.15, 0.2) is 0 Å². The third kappa shape index (κ3) is 3.58. The van der Waals surface area contributed by atoms with Crippen molar-refractivity contribution in [2.24, 2.45) is 5.41 Å². The fraction of sp³-hybridized carbons (Fsp3) is 0.429. The van der Waals surface area contributed by atoms with Crippen LogP contribution in [0, 0.1) is 5.41 Å². The number of rotatable bonds is 3. The lowest BCUT2D eigenvalue weighted by Crippen LogP contribution is -2.39. The van der Waals surface area contributed by atoms with E-state index in [1.54, 1.807) is 30.3 Å². The van der Waals surface area contributed by atoms with Crippen LogP contribution >= 0.6 is 0 Å². The first-order chi connectivity index (χ1) is 8.36. The van der Waals surface area contributed by atoms with E-state index < -0.39 is 23.5 Å². The topological polar surface area (TPSA) is 52.6 Å². The van der Waals surface area contributed by atoms with Gasteiger partial charge < -0.3 is 9.47 Å². The maximum absolute atomic E-state index is 11.9. The molecule has 0 unspecified atom stereocenters. The molecule has 0 fully saturated rings. The second-order valence-electron chi connectivity index (χ2n) is 5.04. The number of methoxy groups -OCH3 is 1. The molecule has 0 aromatic heterocycles. The number of ether oxygens (including phenoxy) is 2. The molecule has 0 saturated heterocycles. The van der Waals surface area contributed by atoms with E-state index in [2.05, 4.69) is 4.74 Å². The van der Waals surface area contributed by atoms with Gasteiger partial charge in [0, 0.05) is 5.41 Å². The van der Waals surface area contributed by atoms with Crippen molar-refractivity contribution < 1.29 is 19.1 Å². The van der Waals surface area contributed by atoms with Gasteiger partial charge in [-0.25, -0.2) is 9.59 Å². The van der Waals surface area contributed by atoms with Gasteiger partial charge in [-0.2, -0.15) is 0 Å². The quantitative estimate of drug-likeness (QED) is 0.773. The van der Waals surface area contributed by atoms with Gasteiger partial charge >= 0.3 is 11.9 Å². The van der Waals surface area contributed by atoms with Crippen molar-refractivity contribution in [1.82, 2.24) is 0 Å². The Morgan fingerprint density at radius 2 is 1.67 bits per heavy atom. The summed E-state index contributed by atoms with van der Waals surface area (Å²) >= 11 is 0. The first kappa shape index (κ1) is 14.2. The molecule has 1 aromatic carbocycles. The van der Waals surface area contributed by atoms with E-state index in [4.69, 9.17) is 4.74 Å². The third-order valence-electron chi connectivity index (χ3n) is 2.44. The Kier molecular flexibility index (Phi) is 4.48. The standard InChI is InChI=1S/C14H18O4/c1-14(2,3)11(13(16)17-4)18-12(15)10-8-6-5-7-9-10/h5-9,11H,1-4H3/t11-/m0/s1. The number of esters is 2. The molecule has 0 amide bonds. The van der Waals surface area contributed by atoms with E-state index in [0.717, 1.165) is 0 Å². The van der Waals surface area contributed by atoms with E-state index in [-0.39, 0.29) is 0 Å². The smallest absolute Gasteiger partial charge is 0.347 e. The Bertz CT molecular complexity index is 417. The number of carbonyl (C=O) groups excluding carboxylic acids is 2. The number of carbonyl (C=O) groups is 2. The van der Waals surface area contributed by atoms with Gasteiger partial charge in [-0.05, 0) is 12.1 Å². The normalized spacial score (nSPS) is 12.7. The summed E-state index contributed by atoms with van der Waals surface area (Å²) in [5, 5.41) is 0. The van der Waals surface area contributed by atoms with Gasteiger partial charge in [0.1, 0.15) is 0 Å². The molecule has 0 heterocycles. The van der Waals surface area contributed by atoms with Crippen LogP contribution in [0.3, 0.4) is 0 Å². The minimum absolute atomic E-state index is 0.413. The molecule has 1 aromatic rings. The highest BCUT2D eigenvalue weighted by molar-refractivity contribution is 5.91. The van der Waals surface area contributed by atoms with E-state index in [9.17, 15) is 9.59 Å². The molecule has 98 valence electrons. The Balaban J connectivity index is 2.86. The Labute approximate surface area is 107 Å². The van der Waals surface area contributed by atoms with E-state index >= 15 is 0 Å². The summed E-state index contributed by atoms with van der Waals surface area (Å²) in [5.41, 5.74) is -0.104. The molecule has 0 aliphatic carbocycles. The summed E-state index contributed by atoms with van der Waals surface area (Å²) in [5.74, 6) is -1.08. The summed E-state index contributed by atoms with van der Waals surface area (Å²) in [6.07, 6.45) is -0.921. The van der Waals surface area contributed by atoms with Crippen molar-refractivity contribution in [1.29, 1.82) is 0 Å². The largest absolute Gasteiger partial charge is 0.466 e. The van der Waals surface area contributed by atoms with Crippen LogP contribution in [0.2, 0.25) is 0 Å². The molecule has 1 rings (SSSR count). The molecule has 0 aliphatic rings. The van der Waals surface area contributed by atoms with Crippen molar-refractivity contribution in [3.8, 4) is 0 Å². The zero-order valence-corrected chi connectivity index (χ0v) is 11.1. The molecule has 18 heavy (non-hydrogen) atoms. The van der Waals surface area contributed by atoms with Crippen molar-refractivity contribution in [3.05, 3.63) is 35.9 Å².